The van der Waals surface area contributed by atoms with Crippen molar-refractivity contribution in [3.05, 3.63) is 0 Å². The fourth-order valence-corrected chi connectivity index (χ4v) is 2.76. The van der Waals surface area contributed by atoms with E-state index < -0.39 is 0 Å². The Balaban J connectivity index is 2.05. The van der Waals surface area contributed by atoms with Gasteiger partial charge in [0.2, 0.25) is 0 Å². The van der Waals surface area contributed by atoms with E-state index in [1.807, 2.05) is 11.8 Å². The molecule has 2 rings (SSSR count). The minimum absolute atomic E-state index is 0.108. The smallest absolute Gasteiger partial charge is 0.317 e. The molecule has 4 heteroatoms. The molecule has 0 saturated carbocycles. The van der Waals surface area contributed by atoms with Gasteiger partial charge in [-0.05, 0) is 26.2 Å². The van der Waals surface area contributed by atoms with Crippen molar-refractivity contribution in [2.24, 2.45) is 5.92 Å². The molecular weight excluding hydrogens is 178 g/mol. The van der Waals surface area contributed by atoms with Crippen LogP contribution in [0.5, 0.6) is 0 Å². The molecule has 0 aliphatic carbocycles. The fraction of sp³-hybridized carbons (Fsp3) is 0.900. The molecule has 0 spiro atoms. The average molecular weight is 197 g/mol. The molecular formula is C10H19N3O. The Morgan fingerprint density at radius 2 is 2.36 bits per heavy atom. The summed E-state index contributed by atoms with van der Waals surface area (Å²) in [5, 5.41) is 6.24. The van der Waals surface area contributed by atoms with Crippen LogP contribution >= 0.6 is 0 Å². The molecule has 2 heterocycles. The Kier molecular flexibility index (Phi) is 2.63. The van der Waals surface area contributed by atoms with E-state index in [4.69, 9.17) is 0 Å². The highest BCUT2D eigenvalue weighted by Crippen LogP contribution is 2.31. The number of carbonyl (C=O) groups is 1. The molecule has 80 valence electrons. The van der Waals surface area contributed by atoms with E-state index in [0.29, 0.717) is 24.5 Å². The summed E-state index contributed by atoms with van der Waals surface area (Å²) in [6, 6.07) is 0.936. The zero-order chi connectivity index (χ0) is 10.1. The molecule has 0 aromatic carbocycles. The Hall–Kier alpha value is -0.770. The van der Waals surface area contributed by atoms with E-state index >= 15 is 0 Å². The lowest BCUT2D eigenvalue weighted by atomic mass is 10.0. The van der Waals surface area contributed by atoms with Crippen molar-refractivity contribution >= 4 is 6.03 Å². The maximum Gasteiger partial charge on any atom is 0.317 e. The van der Waals surface area contributed by atoms with Crippen molar-refractivity contribution in [3.8, 4) is 0 Å². The number of carbonyl (C=O) groups excluding carboxylic acids is 1. The van der Waals surface area contributed by atoms with Crippen LogP contribution in [-0.4, -0.2) is 42.6 Å². The van der Waals surface area contributed by atoms with Crippen LogP contribution < -0.4 is 10.6 Å². The number of nitrogens with zero attached hydrogens (tertiary/aromatic N) is 1. The minimum Gasteiger partial charge on any atom is -0.338 e. The predicted octanol–water partition coefficient (Wildman–Crippen LogP) is 0.398. The topological polar surface area (TPSA) is 44.4 Å². The van der Waals surface area contributed by atoms with Crippen LogP contribution in [-0.2, 0) is 0 Å². The van der Waals surface area contributed by atoms with Crippen molar-refractivity contribution < 1.29 is 4.79 Å². The second kappa shape index (κ2) is 3.77. The zero-order valence-electron chi connectivity index (χ0n) is 8.92. The van der Waals surface area contributed by atoms with Gasteiger partial charge >= 0.3 is 6.03 Å². The van der Waals surface area contributed by atoms with Crippen molar-refractivity contribution in [2.45, 2.75) is 32.4 Å². The lowest BCUT2D eigenvalue weighted by Gasteiger charge is -2.27. The largest absolute Gasteiger partial charge is 0.338 e. The van der Waals surface area contributed by atoms with E-state index in [1.54, 1.807) is 0 Å². The van der Waals surface area contributed by atoms with Crippen LogP contribution in [0.15, 0.2) is 0 Å². The number of nitrogens with one attached hydrogen (secondary N) is 2. The van der Waals surface area contributed by atoms with E-state index in [1.165, 1.54) is 0 Å². The molecule has 0 bridgehead atoms. The van der Waals surface area contributed by atoms with Crippen LogP contribution in [0.25, 0.3) is 0 Å². The summed E-state index contributed by atoms with van der Waals surface area (Å²) in [6.07, 6.45) is 1.15. The first-order chi connectivity index (χ1) is 6.74. The standard InChI is InChI=1S/C10H19N3O/c1-3-12-10(14)13-7(2)4-8-5-11-6-9(8)13/h7-9,11H,3-6H2,1-2H3,(H,12,14). The third kappa shape index (κ3) is 1.47. The molecule has 2 fully saturated rings. The monoisotopic (exact) mass is 197 g/mol. The Bertz CT molecular complexity index is 231. The maximum absolute atomic E-state index is 11.8. The molecule has 4 nitrogen and oxygen atoms in total. The normalized spacial score (nSPS) is 35.9. The highest BCUT2D eigenvalue weighted by atomic mass is 16.2. The van der Waals surface area contributed by atoms with Gasteiger partial charge in [-0.25, -0.2) is 4.79 Å². The minimum atomic E-state index is 0.108. The first-order valence-corrected chi connectivity index (χ1v) is 5.51. The van der Waals surface area contributed by atoms with Gasteiger partial charge in [0.05, 0.1) is 6.04 Å². The number of fused-ring (bicyclic) bond motifs is 1. The van der Waals surface area contributed by atoms with Crippen molar-refractivity contribution in [1.82, 2.24) is 15.5 Å². The lowest BCUT2D eigenvalue weighted by molar-refractivity contribution is 0.177. The zero-order valence-corrected chi connectivity index (χ0v) is 8.92. The van der Waals surface area contributed by atoms with E-state index in [9.17, 15) is 4.79 Å². The highest BCUT2D eigenvalue weighted by molar-refractivity contribution is 5.75. The SMILES string of the molecule is CCNC(=O)N1C(C)CC2CNCC21. The third-order valence-electron chi connectivity index (χ3n) is 3.34. The second-order valence-electron chi connectivity index (χ2n) is 4.31. The predicted molar refractivity (Wildman–Crippen MR) is 55.1 cm³/mol. The molecule has 2 N–H and O–H groups in total. The van der Waals surface area contributed by atoms with Crippen LogP contribution in [0, 0.1) is 5.92 Å². The maximum atomic E-state index is 11.8. The quantitative estimate of drug-likeness (QED) is 0.639. The molecule has 0 radical (unpaired) electrons. The molecule has 2 saturated heterocycles. The Morgan fingerprint density at radius 1 is 1.57 bits per heavy atom. The summed E-state index contributed by atoms with van der Waals surface area (Å²) in [5.74, 6) is 0.674. The number of amides is 2. The number of rotatable bonds is 1. The average Bonchev–Trinajstić information content (AvgIpc) is 2.63. The van der Waals surface area contributed by atoms with Gasteiger partial charge in [0.25, 0.3) is 0 Å². The number of hydrogen-bond acceptors (Lipinski definition) is 2. The van der Waals surface area contributed by atoms with Crippen molar-refractivity contribution in [2.75, 3.05) is 19.6 Å². The van der Waals surface area contributed by atoms with Gasteiger partial charge < -0.3 is 15.5 Å². The van der Waals surface area contributed by atoms with Gasteiger partial charge in [-0.3, -0.25) is 0 Å². The first-order valence-electron chi connectivity index (χ1n) is 5.51. The molecule has 2 amide bonds. The van der Waals surface area contributed by atoms with E-state index in [-0.39, 0.29) is 6.03 Å². The van der Waals surface area contributed by atoms with Gasteiger partial charge in [-0.15, -0.1) is 0 Å². The van der Waals surface area contributed by atoms with Gasteiger partial charge in [0.1, 0.15) is 0 Å². The molecule has 3 unspecified atom stereocenters. The molecule has 2 aliphatic heterocycles. The highest BCUT2D eigenvalue weighted by Gasteiger charge is 2.43. The van der Waals surface area contributed by atoms with Crippen LogP contribution in [0.2, 0.25) is 0 Å². The number of hydrogen-bond donors (Lipinski definition) is 2. The van der Waals surface area contributed by atoms with Gasteiger partial charge in [-0.2, -0.15) is 0 Å². The van der Waals surface area contributed by atoms with Crippen molar-refractivity contribution in [1.29, 1.82) is 0 Å². The molecule has 14 heavy (non-hydrogen) atoms. The van der Waals surface area contributed by atoms with Gasteiger partial charge in [0.15, 0.2) is 0 Å². The molecule has 0 aromatic heterocycles. The Morgan fingerprint density at radius 3 is 3.07 bits per heavy atom. The van der Waals surface area contributed by atoms with E-state index in [2.05, 4.69) is 17.6 Å². The van der Waals surface area contributed by atoms with Crippen LogP contribution in [0.4, 0.5) is 4.79 Å². The van der Waals surface area contributed by atoms with Crippen molar-refractivity contribution in [3.63, 3.8) is 0 Å². The summed E-state index contributed by atoms with van der Waals surface area (Å²) >= 11 is 0. The summed E-state index contributed by atoms with van der Waals surface area (Å²) in [4.78, 5) is 13.8. The van der Waals surface area contributed by atoms with Crippen LogP contribution in [0.3, 0.4) is 0 Å². The number of likely N-dealkylation sites (tertiary alicyclic amines) is 1. The number of urea groups is 1. The van der Waals surface area contributed by atoms with Gasteiger partial charge in [-0.1, -0.05) is 0 Å². The molecule has 0 aromatic rings. The van der Waals surface area contributed by atoms with Crippen LogP contribution in [0.1, 0.15) is 20.3 Å². The summed E-state index contributed by atoms with van der Waals surface area (Å²) in [5.41, 5.74) is 0. The first kappa shape index (κ1) is 9.77. The lowest BCUT2D eigenvalue weighted by Crippen LogP contribution is -2.48. The summed E-state index contributed by atoms with van der Waals surface area (Å²) in [6.45, 7) is 6.86. The second-order valence-corrected chi connectivity index (χ2v) is 4.31. The summed E-state index contributed by atoms with van der Waals surface area (Å²) in [7, 11) is 0. The third-order valence-corrected chi connectivity index (χ3v) is 3.34. The van der Waals surface area contributed by atoms with E-state index in [0.717, 1.165) is 19.5 Å². The van der Waals surface area contributed by atoms with Gasteiger partial charge in [0, 0.05) is 25.7 Å². The fourth-order valence-electron chi connectivity index (χ4n) is 2.76. The molecule has 2 aliphatic rings. The Labute approximate surface area is 85.0 Å². The summed E-state index contributed by atoms with van der Waals surface area (Å²) < 4.78 is 0. The molecule has 3 atom stereocenters.